The zero-order chi connectivity index (χ0) is 13.9. The molecule has 3 rings (SSSR count). The summed E-state index contributed by atoms with van der Waals surface area (Å²) >= 11 is 0. The first-order valence-corrected chi connectivity index (χ1v) is 6.05. The summed E-state index contributed by atoms with van der Waals surface area (Å²) in [6.45, 7) is 0.829. The van der Waals surface area contributed by atoms with E-state index in [4.69, 9.17) is 20.5 Å². The second-order valence-electron chi connectivity index (χ2n) is 4.29. The molecule has 0 aliphatic carbocycles. The summed E-state index contributed by atoms with van der Waals surface area (Å²) in [5, 5.41) is 12.0. The predicted molar refractivity (Wildman–Crippen MR) is 73.3 cm³/mol. The Morgan fingerprint density at radius 2 is 2.10 bits per heavy atom. The van der Waals surface area contributed by atoms with E-state index in [1.54, 1.807) is 12.1 Å². The molecule has 0 unspecified atom stereocenters. The monoisotopic (exact) mass is 268 g/mol. The maximum absolute atomic E-state index is 8.88. The summed E-state index contributed by atoms with van der Waals surface area (Å²) in [6, 6.07) is 11.1. The minimum atomic E-state index is 0.223. The van der Waals surface area contributed by atoms with Crippen LogP contribution in [0, 0.1) is 11.3 Å². The SMILES string of the molecule is N#Cc1nc(NCc2ccc3c(c2)OCO3)ccc1N. The fourth-order valence-corrected chi connectivity index (χ4v) is 1.90. The van der Waals surface area contributed by atoms with Crippen molar-refractivity contribution in [3.05, 3.63) is 41.6 Å². The summed E-state index contributed by atoms with van der Waals surface area (Å²) in [7, 11) is 0. The van der Waals surface area contributed by atoms with Crippen LogP contribution >= 0.6 is 0 Å². The molecule has 0 amide bonds. The molecule has 0 saturated carbocycles. The number of pyridine rings is 1. The average molecular weight is 268 g/mol. The van der Waals surface area contributed by atoms with Crippen LogP contribution in [0.2, 0.25) is 0 Å². The lowest BCUT2D eigenvalue weighted by atomic mass is 10.2. The maximum atomic E-state index is 8.88. The molecule has 0 fully saturated rings. The predicted octanol–water partition coefficient (Wildman–Crippen LogP) is 1.88. The van der Waals surface area contributed by atoms with Gasteiger partial charge in [-0.05, 0) is 29.8 Å². The lowest BCUT2D eigenvalue weighted by Crippen LogP contribution is -2.03. The molecule has 0 spiro atoms. The van der Waals surface area contributed by atoms with Crippen molar-refractivity contribution in [2.45, 2.75) is 6.54 Å². The van der Waals surface area contributed by atoms with Crippen molar-refractivity contribution in [2.24, 2.45) is 0 Å². The van der Waals surface area contributed by atoms with Gasteiger partial charge in [0.1, 0.15) is 11.9 Å². The van der Waals surface area contributed by atoms with Crippen molar-refractivity contribution in [1.29, 1.82) is 5.26 Å². The number of nitriles is 1. The second-order valence-corrected chi connectivity index (χ2v) is 4.29. The summed E-state index contributed by atoms with van der Waals surface area (Å²) < 4.78 is 10.6. The highest BCUT2D eigenvalue weighted by molar-refractivity contribution is 5.55. The molecule has 20 heavy (non-hydrogen) atoms. The summed E-state index contributed by atoms with van der Waals surface area (Å²) in [6.07, 6.45) is 0. The standard InChI is InChI=1S/C14H12N4O2/c15-6-11-10(16)2-4-14(18-11)17-7-9-1-3-12-13(5-9)20-8-19-12/h1-5H,7-8,16H2,(H,17,18). The van der Waals surface area contributed by atoms with Gasteiger partial charge in [0.15, 0.2) is 17.2 Å². The molecule has 1 aliphatic rings. The number of anilines is 2. The van der Waals surface area contributed by atoms with Gasteiger partial charge in [0, 0.05) is 6.54 Å². The first-order valence-electron chi connectivity index (χ1n) is 6.05. The van der Waals surface area contributed by atoms with Crippen molar-refractivity contribution in [2.75, 3.05) is 17.8 Å². The number of hydrogen-bond donors (Lipinski definition) is 2. The lowest BCUT2D eigenvalue weighted by molar-refractivity contribution is 0.174. The van der Waals surface area contributed by atoms with Crippen molar-refractivity contribution in [3.8, 4) is 17.6 Å². The van der Waals surface area contributed by atoms with Gasteiger partial charge in [0.25, 0.3) is 0 Å². The number of rotatable bonds is 3. The quantitative estimate of drug-likeness (QED) is 0.882. The van der Waals surface area contributed by atoms with Crippen molar-refractivity contribution in [1.82, 2.24) is 4.98 Å². The molecule has 0 saturated heterocycles. The minimum Gasteiger partial charge on any atom is -0.454 e. The second kappa shape index (κ2) is 4.97. The first-order chi connectivity index (χ1) is 9.76. The number of ether oxygens (including phenoxy) is 2. The Bertz CT molecular complexity index is 694. The van der Waals surface area contributed by atoms with Crippen LogP contribution < -0.4 is 20.5 Å². The van der Waals surface area contributed by atoms with Crippen LogP contribution in [0.1, 0.15) is 11.3 Å². The molecule has 6 nitrogen and oxygen atoms in total. The van der Waals surface area contributed by atoms with Gasteiger partial charge in [0.2, 0.25) is 6.79 Å². The van der Waals surface area contributed by atoms with E-state index < -0.39 is 0 Å². The summed E-state index contributed by atoms with van der Waals surface area (Å²) in [5.41, 5.74) is 7.26. The lowest BCUT2D eigenvalue weighted by Gasteiger charge is -2.07. The largest absolute Gasteiger partial charge is 0.454 e. The zero-order valence-corrected chi connectivity index (χ0v) is 10.6. The van der Waals surface area contributed by atoms with Crippen LogP contribution in [0.25, 0.3) is 0 Å². The first kappa shape index (κ1) is 12.1. The fraction of sp³-hybridized carbons (Fsp3) is 0.143. The molecule has 1 aliphatic heterocycles. The Hall–Kier alpha value is -2.94. The van der Waals surface area contributed by atoms with E-state index in [0.29, 0.717) is 18.1 Å². The van der Waals surface area contributed by atoms with Gasteiger partial charge in [-0.15, -0.1) is 0 Å². The van der Waals surface area contributed by atoms with Gasteiger partial charge in [-0.1, -0.05) is 6.07 Å². The third-order valence-corrected chi connectivity index (χ3v) is 2.94. The molecule has 1 aromatic heterocycles. The van der Waals surface area contributed by atoms with E-state index >= 15 is 0 Å². The van der Waals surface area contributed by atoms with Gasteiger partial charge in [-0.2, -0.15) is 5.26 Å². The molecule has 0 radical (unpaired) electrons. The van der Waals surface area contributed by atoms with E-state index in [-0.39, 0.29) is 12.5 Å². The number of nitrogens with zero attached hydrogens (tertiary/aromatic N) is 2. The van der Waals surface area contributed by atoms with Crippen molar-refractivity contribution >= 4 is 11.5 Å². The van der Waals surface area contributed by atoms with E-state index in [1.165, 1.54) is 0 Å². The minimum absolute atomic E-state index is 0.223. The van der Waals surface area contributed by atoms with Crippen LogP contribution in [-0.4, -0.2) is 11.8 Å². The number of nitrogens with one attached hydrogen (secondary N) is 1. The van der Waals surface area contributed by atoms with Crippen LogP contribution in [0.5, 0.6) is 11.5 Å². The zero-order valence-electron chi connectivity index (χ0n) is 10.6. The van der Waals surface area contributed by atoms with Crippen LogP contribution in [-0.2, 0) is 6.54 Å². The Morgan fingerprint density at radius 3 is 2.95 bits per heavy atom. The average Bonchev–Trinajstić information content (AvgIpc) is 2.94. The number of fused-ring (bicyclic) bond motifs is 1. The molecular weight excluding hydrogens is 256 g/mol. The number of nitrogen functional groups attached to an aromatic ring is 1. The Balaban J connectivity index is 1.72. The normalized spacial score (nSPS) is 11.9. The molecular formula is C14H12N4O2. The third-order valence-electron chi connectivity index (χ3n) is 2.94. The summed E-state index contributed by atoms with van der Waals surface area (Å²) in [5.74, 6) is 2.10. The topological polar surface area (TPSA) is 93.2 Å². The molecule has 100 valence electrons. The molecule has 0 bridgehead atoms. The van der Waals surface area contributed by atoms with Gasteiger partial charge in [0.05, 0.1) is 5.69 Å². The Morgan fingerprint density at radius 1 is 1.25 bits per heavy atom. The third kappa shape index (κ3) is 2.29. The Kier molecular flexibility index (Phi) is 3.01. The van der Waals surface area contributed by atoms with Gasteiger partial charge < -0.3 is 20.5 Å². The molecule has 2 aromatic rings. The Labute approximate surface area is 115 Å². The number of hydrogen-bond acceptors (Lipinski definition) is 6. The smallest absolute Gasteiger partial charge is 0.231 e. The van der Waals surface area contributed by atoms with Crippen LogP contribution in [0.4, 0.5) is 11.5 Å². The molecule has 6 heteroatoms. The fourth-order valence-electron chi connectivity index (χ4n) is 1.90. The maximum Gasteiger partial charge on any atom is 0.231 e. The molecule has 2 heterocycles. The van der Waals surface area contributed by atoms with E-state index in [2.05, 4.69) is 10.3 Å². The highest BCUT2D eigenvalue weighted by Crippen LogP contribution is 2.32. The van der Waals surface area contributed by atoms with E-state index in [9.17, 15) is 0 Å². The number of nitrogens with two attached hydrogens (primary N) is 1. The molecule has 1 aromatic carbocycles. The van der Waals surface area contributed by atoms with Crippen LogP contribution in [0.15, 0.2) is 30.3 Å². The highest BCUT2D eigenvalue weighted by Gasteiger charge is 2.13. The molecule has 0 atom stereocenters. The number of aromatic nitrogens is 1. The van der Waals surface area contributed by atoms with E-state index in [0.717, 1.165) is 17.1 Å². The number of benzene rings is 1. The van der Waals surface area contributed by atoms with Crippen molar-refractivity contribution in [3.63, 3.8) is 0 Å². The van der Waals surface area contributed by atoms with Gasteiger partial charge >= 0.3 is 0 Å². The molecule has 3 N–H and O–H groups in total. The summed E-state index contributed by atoms with van der Waals surface area (Å²) in [4.78, 5) is 4.13. The van der Waals surface area contributed by atoms with Crippen LogP contribution in [0.3, 0.4) is 0 Å². The highest BCUT2D eigenvalue weighted by atomic mass is 16.7. The van der Waals surface area contributed by atoms with Crippen molar-refractivity contribution < 1.29 is 9.47 Å². The van der Waals surface area contributed by atoms with E-state index in [1.807, 2.05) is 24.3 Å². The van der Waals surface area contributed by atoms with Gasteiger partial charge in [-0.3, -0.25) is 0 Å². The van der Waals surface area contributed by atoms with Gasteiger partial charge in [-0.25, -0.2) is 4.98 Å².